The number of benzene rings is 2. The van der Waals surface area contributed by atoms with Crippen molar-refractivity contribution in [3.05, 3.63) is 53.1 Å². The second kappa shape index (κ2) is 6.68. The van der Waals surface area contributed by atoms with Crippen LogP contribution in [0.5, 0.6) is 0 Å². The molecule has 0 fully saturated rings. The van der Waals surface area contributed by atoms with Crippen molar-refractivity contribution in [3.8, 4) is 0 Å². The van der Waals surface area contributed by atoms with Crippen molar-refractivity contribution < 1.29 is 4.79 Å². The summed E-state index contributed by atoms with van der Waals surface area (Å²) in [5.74, 6) is 0.332. The molecule has 0 aromatic heterocycles. The lowest BCUT2D eigenvalue weighted by atomic mass is 10.1. The van der Waals surface area contributed by atoms with Crippen molar-refractivity contribution in [2.75, 3.05) is 16.8 Å². The smallest absolute Gasteiger partial charge is 0.234 e. The first-order valence-electron chi connectivity index (χ1n) is 6.82. The van der Waals surface area contributed by atoms with E-state index in [0.29, 0.717) is 5.75 Å². The molecule has 2 rings (SSSR count). The van der Waals surface area contributed by atoms with Crippen LogP contribution < -0.4 is 11.1 Å². The number of hydrogen-bond donors (Lipinski definition) is 2. The van der Waals surface area contributed by atoms with Crippen LogP contribution >= 0.6 is 11.8 Å². The lowest BCUT2D eigenvalue weighted by Gasteiger charge is -2.11. The molecule has 0 aliphatic rings. The molecule has 21 heavy (non-hydrogen) atoms. The van der Waals surface area contributed by atoms with Gasteiger partial charge in [0.15, 0.2) is 0 Å². The largest absolute Gasteiger partial charge is 0.398 e. The molecule has 110 valence electrons. The molecule has 0 bridgehead atoms. The van der Waals surface area contributed by atoms with E-state index in [0.717, 1.165) is 33.0 Å². The van der Waals surface area contributed by atoms with Gasteiger partial charge in [0.1, 0.15) is 0 Å². The van der Waals surface area contributed by atoms with E-state index in [1.165, 1.54) is 11.8 Å². The fourth-order valence-corrected chi connectivity index (χ4v) is 2.88. The molecule has 0 unspecified atom stereocenters. The zero-order chi connectivity index (χ0) is 15.4. The van der Waals surface area contributed by atoms with Gasteiger partial charge in [0.05, 0.1) is 5.75 Å². The molecule has 0 spiro atoms. The summed E-state index contributed by atoms with van der Waals surface area (Å²) in [6, 6.07) is 11.9. The predicted octanol–water partition coefficient (Wildman–Crippen LogP) is 3.92. The van der Waals surface area contributed by atoms with Gasteiger partial charge < -0.3 is 11.1 Å². The molecular weight excluding hydrogens is 280 g/mol. The van der Waals surface area contributed by atoms with Crippen LogP contribution in [0.15, 0.2) is 41.3 Å². The maximum absolute atomic E-state index is 12.1. The second-order valence-corrected chi connectivity index (χ2v) is 6.16. The Morgan fingerprint density at radius 3 is 2.43 bits per heavy atom. The molecule has 0 heterocycles. The average Bonchev–Trinajstić information content (AvgIpc) is 2.42. The Balaban J connectivity index is 1.99. The number of rotatable bonds is 4. The zero-order valence-corrected chi connectivity index (χ0v) is 13.4. The maximum atomic E-state index is 12.1. The third-order valence-corrected chi connectivity index (χ3v) is 4.36. The number of anilines is 2. The van der Waals surface area contributed by atoms with Crippen molar-refractivity contribution in [1.29, 1.82) is 0 Å². The van der Waals surface area contributed by atoms with Gasteiger partial charge >= 0.3 is 0 Å². The van der Waals surface area contributed by atoms with Crippen molar-refractivity contribution in [1.82, 2.24) is 0 Å². The Morgan fingerprint density at radius 1 is 1.14 bits per heavy atom. The summed E-state index contributed by atoms with van der Waals surface area (Å²) in [4.78, 5) is 13.0. The van der Waals surface area contributed by atoms with Crippen molar-refractivity contribution in [3.63, 3.8) is 0 Å². The van der Waals surface area contributed by atoms with E-state index >= 15 is 0 Å². The molecule has 2 aromatic rings. The van der Waals surface area contributed by atoms with Crippen LogP contribution in [-0.4, -0.2) is 11.7 Å². The molecular formula is C17H20N2OS. The highest BCUT2D eigenvalue weighted by atomic mass is 32.2. The molecule has 0 aliphatic heterocycles. The van der Waals surface area contributed by atoms with Gasteiger partial charge in [0.25, 0.3) is 0 Å². The van der Waals surface area contributed by atoms with E-state index in [4.69, 9.17) is 5.73 Å². The Labute approximate surface area is 129 Å². The lowest BCUT2D eigenvalue weighted by molar-refractivity contribution is -0.113. The first-order chi connectivity index (χ1) is 9.97. The first-order valence-corrected chi connectivity index (χ1v) is 7.81. The van der Waals surface area contributed by atoms with Gasteiger partial charge in [0.2, 0.25) is 5.91 Å². The van der Waals surface area contributed by atoms with Crippen molar-refractivity contribution in [2.24, 2.45) is 0 Å². The maximum Gasteiger partial charge on any atom is 0.234 e. The number of nitrogens with two attached hydrogens (primary N) is 1. The van der Waals surface area contributed by atoms with Gasteiger partial charge in [-0.25, -0.2) is 0 Å². The number of carbonyl (C=O) groups is 1. The number of nitrogens with one attached hydrogen (secondary N) is 1. The summed E-state index contributed by atoms with van der Waals surface area (Å²) >= 11 is 1.46. The van der Waals surface area contributed by atoms with Crippen LogP contribution in [-0.2, 0) is 4.79 Å². The Morgan fingerprint density at radius 2 is 1.81 bits per heavy atom. The number of thioether (sulfide) groups is 1. The summed E-state index contributed by atoms with van der Waals surface area (Å²) in [7, 11) is 0. The van der Waals surface area contributed by atoms with E-state index < -0.39 is 0 Å². The monoisotopic (exact) mass is 300 g/mol. The molecule has 4 heteroatoms. The summed E-state index contributed by atoms with van der Waals surface area (Å²) in [5.41, 5.74) is 10.8. The second-order valence-electron chi connectivity index (χ2n) is 5.14. The van der Waals surface area contributed by atoms with E-state index in [-0.39, 0.29) is 5.91 Å². The lowest BCUT2D eigenvalue weighted by Crippen LogP contribution is -2.15. The van der Waals surface area contributed by atoms with Gasteiger partial charge in [0, 0.05) is 16.3 Å². The predicted molar refractivity (Wildman–Crippen MR) is 90.9 cm³/mol. The van der Waals surface area contributed by atoms with Crippen molar-refractivity contribution in [2.45, 2.75) is 25.7 Å². The summed E-state index contributed by atoms with van der Waals surface area (Å²) < 4.78 is 0. The number of amides is 1. The topological polar surface area (TPSA) is 55.1 Å². The van der Waals surface area contributed by atoms with Gasteiger partial charge in [-0.05, 0) is 49.6 Å². The van der Waals surface area contributed by atoms with Crippen LogP contribution in [0, 0.1) is 20.8 Å². The number of para-hydroxylation sites is 1. The number of aryl methyl sites for hydroxylation is 3. The van der Waals surface area contributed by atoms with E-state index in [1.807, 2.05) is 57.2 Å². The molecule has 2 aromatic carbocycles. The summed E-state index contributed by atoms with van der Waals surface area (Å²) in [6.45, 7) is 5.99. The minimum atomic E-state index is -0.0163. The molecule has 1 amide bonds. The highest BCUT2D eigenvalue weighted by molar-refractivity contribution is 8.00. The van der Waals surface area contributed by atoms with Crippen LogP contribution in [0.25, 0.3) is 0 Å². The molecule has 3 nitrogen and oxygen atoms in total. The highest BCUT2D eigenvalue weighted by Gasteiger charge is 2.09. The molecule has 3 N–H and O–H groups in total. The molecule has 0 aliphatic carbocycles. The van der Waals surface area contributed by atoms with E-state index in [2.05, 4.69) is 5.32 Å². The summed E-state index contributed by atoms with van der Waals surface area (Å²) in [5, 5.41) is 2.98. The van der Waals surface area contributed by atoms with Gasteiger partial charge in [-0.15, -0.1) is 11.8 Å². The average molecular weight is 300 g/mol. The number of hydrogen-bond acceptors (Lipinski definition) is 3. The van der Waals surface area contributed by atoms with Gasteiger partial charge in [-0.3, -0.25) is 4.79 Å². The quantitative estimate of drug-likeness (QED) is 0.664. The number of carbonyl (C=O) groups excluding carboxylic acids is 1. The molecule has 0 saturated heterocycles. The molecule has 0 atom stereocenters. The zero-order valence-electron chi connectivity index (χ0n) is 12.6. The minimum Gasteiger partial charge on any atom is -0.398 e. The highest BCUT2D eigenvalue weighted by Crippen LogP contribution is 2.26. The molecule has 0 radical (unpaired) electrons. The minimum absolute atomic E-state index is 0.0163. The van der Waals surface area contributed by atoms with E-state index in [1.54, 1.807) is 0 Å². The van der Waals surface area contributed by atoms with Crippen LogP contribution in [0.3, 0.4) is 0 Å². The fourth-order valence-electron chi connectivity index (χ4n) is 2.13. The first kappa shape index (κ1) is 15.4. The summed E-state index contributed by atoms with van der Waals surface area (Å²) in [6.07, 6.45) is 0. The Hall–Kier alpha value is -1.94. The normalized spacial score (nSPS) is 10.4. The van der Waals surface area contributed by atoms with Gasteiger partial charge in [-0.2, -0.15) is 0 Å². The Kier molecular flexibility index (Phi) is 4.91. The third kappa shape index (κ3) is 4.02. The SMILES string of the molecule is Cc1ccc(SCC(=O)Nc2c(C)cccc2C)c(N)c1. The third-order valence-electron chi connectivity index (χ3n) is 3.27. The van der Waals surface area contributed by atoms with Crippen LogP contribution in [0.4, 0.5) is 11.4 Å². The van der Waals surface area contributed by atoms with Gasteiger partial charge in [-0.1, -0.05) is 24.3 Å². The van der Waals surface area contributed by atoms with Crippen molar-refractivity contribution >= 4 is 29.0 Å². The van der Waals surface area contributed by atoms with Crippen LogP contribution in [0.1, 0.15) is 16.7 Å². The number of nitrogen functional groups attached to an aromatic ring is 1. The Bertz CT molecular complexity index is 648. The standard InChI is InChI=1S/C17H20N2OS/c1-11-7-8-15(14(18)9-11)21-10-16(20)19-17-12(2)5-4-6-13(17)3/h4-9H,10,18H2,1-3H3,(H,19,20). The fraction of sp³-hybridized carbons (Fsp3) is 0.235. The van der Waals surface area contributed by atoms with E-state index in [9.17, 15) is 4.79 Å². The van der Waals surface area contributed by atoms with Crippen LogP contribution in [0.2, 0.25) is 0 Å². The molecule has 0 saturated carbocycles.